The zero-order valence-corrected chi connectivity index (χ0v) is 7.12. The third kappa shape index (κ3) is 7.78. The molecule has 0 aromatic rings. The standard InChI is InChI=1S/C8H18O3/c1-8(4-6-10)11-7-3-2-5-9/h8-10H,2-7H2,1H3. The second kappa shape index (κ2) is 7.98. The summed E-state index contributed by atoms with van der Waals surface area (Å²) in [7, 11) is 0. The fraction of sp³-hybridized carbons (Fsp3) is 1.00. The first-order valence-electron chi connectivity index (χ1n) is 4.14. The lowest BCUT2D eigenvalue weighted by molar-refractivity contribution is 0.0439. The molecule has 68 valence electrons. The van der Waals surface area contributed by atoms with Crippen molar-refractivity contribution in [2.24, 2.45) is 0 Å². The number of aliphatic hydroxyl groups is 2. The maximum absolute atomic E-state index is 8.52. The molecule has 0 aromatic heterocycles. The molecule has 2 N–H and O–H groups in total. The van der Waals surface area contributed by atoms with Crippen LogP contribution in [0.2, 0.25) is 0 Å². The van der Waals surface area contributed by atoms with E-state index in [1.54, 1.807) is 0 Å². The molecule has 1 atom stereocenters. The highest BCUT2D eigenvalue weighted by Crippen LogP contribution is 1.98. The molecule has 0 aliphatic heterocycles. The van der Waals surface area contributed by atoms with Crippen molar-refractivity contribution in [2.45, 2.75) is 32.3 Å². The lowest BCUT2D eigenvalue weighted by atomic mass is 10.3. The Morgan fingerprint density at radius 3 is 2.45 bits per heavy atom. The van der Waals surface area contributed by atoms with Crippen LogP contribution < -0.4 is 0 Å². The van der Waals surface area contributed by atoms with Gasteiger partial charge in [0.15, 0.2) is 0 Å². The average Bonchev–Trinajstić information content (AvgIpc) is 1.99. The fourth-order valence-corrected chi connectivity index (χ4v) is 0.764. The van der Waals surface area contributed by atoms with Gasteiger partial charge in [-0.2, -0.15) is 0 Å². The molecule has 0 saturated heterocycles. The molecule has 0 amide bonds. The van der Waals surface area contributed by atoms with Gasteiger partial charge in [-0.3, -0.25) is 0 Å². The highest BCUT2D eigenvalue weighted by Gasteiger charge is 1.99. The predicted molar refractivity (Wildman–Crippen MR) is 43.4 cm³/mol. The topological polar surface area (TPSA) is 49.7 Å². The summed E-state index contributed by atoms with van der Waals surface area (Å²) in [4.78, 5) is 0. The van der Waals surface area contributed by atoms with Crippen molar-refractivity contribution >= 4 is 0 Å². The summed E-state index contributed by atoms with van der Waals surface area (Å²) < 4.78 is 5.31. The summed E-state index contributed by atoms with van der Waals surface area (Å²) in [5.74, 6) is 0. The summed E-state index contributed by atoms with van der Waals surface area (Å²) >= 11 is 0. The molecule has 1 unspecified atom stereocenters. The van der Waals surface area contributed by atoms with Gasteiger partial charge in [0.2, 0.25) is 0 Å². The van der Waals surface area contributed by atoms with Gasteiger partial charge in [0.25, 0.3) is 0 Å². The molecular weight excluding hydrogens is 144 g/mol. The van der Waals surface area contributed by atoms with Gasteiger partial charge in [-0.1, -0.05) is 0 Å². The van der Waals surface area contributed by atoms with E-state index in [9.17, 15) is 0 Å². The van der Waals surface area contributed by atoms with E-state index in [-0.39, 0.29) is 19.3 Å². The third-order valence-corrected chi connectivity index (χ3v) is 1.49. The van der Waals surface area contributed by atoms with E-state index < -0.39 is 0 Å². The van der Waals surface area contributed by atoms with Gasteiger partial charge in [0.05, 0.1) is 6.10 Å². The lowest BCUT2D eigenvalue weighted by Gasteiger charge is -2.10. The normalized spacial score (nSPS) is 13.4. The number of aliphatic hydroxyl groups excluding tert-OH is 2. The van der Waals surface area contributed by atoms with Crippen LogP contribution in [0, 0.1) is 0 Å². The van der Waals surface area contributed by atoms with Crippen molar-refractivity contribution in [3.63, 3.8) is 0 Å². The molecule has 0 rings (SSSR count). The number of hydrogen-bond acceptors (Lipinski definition) is 3. The minimum absolute atomic E-state index is 0.138. The minimum atomic E-state index is 0.138. The first-order valence-corrected chi connectivity index (χ1v) is 4.14. The Labute approximate surface area is 68.0 Å². The van der Waals surface area contributed by atoms with Crippen LogP contribution in [-0.4, -0.2) is 36.1 Å². The van der Waals surface area contributed by atoms with Crippen LogP contribution in [0.25, 0.3) is 0 Å². The second-order valence-corrected chi connectivity index (χ2v) is 2.62. The van der Waals surface area contributed by atoms with Crippen LogP contribution in [0.5, 0.6) is 0 Å². The number of ether oxygens (including phenoxy) is 1. The second-order valence-electron chi connectivity index (χ2n) is 2.62. The van der Waals surface area contributed by atoms with Crippen LogP contribution in [0.1, 0.15) is 26.2 Å². The van der Waals surface area contributed by atoms with Crippen molar-refractivity contribution in [3.05, 3.63) is 0 Å². The third-order valence-electron chi connectivity index (χ3n) is 1.49. The Hall–Kier alpha value is -0.120. The summed E-state index contributed by atoms with van der Waals surface area (Å²) in [6.07, 6.45) is 2.52. The van der Waals surface area contributed by atoms with E-state index in [1.165, 1.54) is 0 Å². The summed E-state index contributed by atoms with van der Waals surface area (Å²) in [5, 5.41) is 17.0. The molecule has 0 saturated carbocycles. The largest absolute Gasteiger partial charge is 0.396 e. The Morgan fingerprint density at radius 2 is 1.91 bits per heavy atom. The van der Waals surface area contributed by atoms with Crippen LogP contribution >= 0.6 is 0 Å². The van der Waals surface area contributed by atoms with E-state index in [0.717, 1.165) is 12.8 Å². The summed E-state index contributed by atoms with van der Waals surface area (Å²) in [5.41, 5.74) is 0. The zero-order valence-electron chi connectivity index (χ0n) is 7.12. The highest BCUT2D eigenvalue weighted by atomic mass is 16.5. The van der Waals surface area contributed by atoms with Crippen molar-refractivity contribution in [2.75, 3.05) is 19.8 Å². The molecule has 0 radical (unpaired) electrons. The average molecular weight is 162 g/mol. The molecule has 0 spiro atoms. The first-order chi connectivity index (χ1) is 5.31. The van der Waals surface area contributed by atoms with Crippen LogP contribution in [0.3, 0.4) is 0 Å². The van der Waals surface area contributed by atoms with E-state index in [2.05, 4.69) is 0 Å². The minimum Gasteiger partial charge on any atom is -0.396 e. The first kappa shape index (κ1) is 10.9. The van der Waals surface area contributed by atoms with Crippen molar-refractivity contribution < 1.29 is 14.9 Å². The number of hydrogen-bond donors (Lipinski definition) is 2. The molecule has 0 aliphatic carbocycles. The maximum Gasteiger partial charge on any atom is 0.0568 e. The van der Waals surface area contributed by atoms with Gasteiger partial charge in [-0.05, 0) is 26.2 Å². The van der Waals surface area contributed by atoms with E-state index in [1.807, 2.05) is 6.92 Å². The number of rotatable bonds is 7. The Kier molecular flexibility index (Phi) is 7.89. The fourth-order valence-electron chi connectivity index (χ4n) is 0.764. The Morgan fingerprint density at radius 1 is 1.18 bits per heavy atom. The van der Waals surface area contributed by atoms with Gasteiger partial charge < -0.3 is 14.9 Å². The molecule has 11 heavy (non-hydrogen) atoms. The van der Waals surface area contributed by atoms with Gasteiger partial charge in [-0.15, -0.1) is 0 Å². The smallest absolute Gasteiger partial charge is 0.0568 e. The molecule has 0 heterocycles. The molecule has 0 bridgehead atoms. The monoisotopic (exact) mass is 162 g/mol. The van der Waals surface area contributed by atoms with Gasteiger partial charge in [0, 0.05) is 19.8 Å². The SMILES string of the molecule is CC(CCO)OCCCCO. The lowest BCUT2D eigenvalue weighted by Crippen LogP contribution is -2.11. The molecule has 0 aliphatic rings. The van der Waals surface area contributed by atoms with E-state index in [0.29, 0.717) is 13.0 Å². The molecule has 3 heteroatoms. The summed E-state index contributed by atoms with van der Waals surface area (Å²) in [6, 6.07) is 0. The molecule has 3 nitrogen and oxygen atoms in total. The van der Waals surface area contributed by atoms with Crippen molar-refractivity contribution in [1.82, 2.24) is 0 Å². The van der Waals surface area contributed by atoms with Crippen LogP contribution in [-0.2, 0) is 4.74 Å². The number of unbranched alkanes of at least 4 members (excludes halogenated alkanes) is 1. The molecule has 0 fully saturated rings. The Balaban J connectivity index is 2.97. The van der Waals surface area contributed by atoms with Crippen molar-refractivity contribution in [1.29, 1.82) is 0 Å². The highest BCUT2D eigenvalue weighted by molar-refractivity contribution is 4.48. The van der Waals surface area contributed by atoms with Crippen molar-refractivity contribution in [3.8, 4) is 0 Å². The van der Waals surface area contributed by atoms with Gasteiger partial charge >= 0.3 is 0 Å². The maximum atomic E-state index is 8.52. The summed E-state index contributed by atoms with van der Waals surface area (Å²) in [6.45, 7) is 3.04. The van der Waals surface area contributed by atoms with Crippen LogP contribution in [0.4, 0.5) is 0 Å². The van der Waals surface area contributed by atoms with E-state index >= 15 is 0 Å². The Bertz CT molecular complexity index is 75.7. The quantitative estimate of drug-likeness (QED) is 0.537. The predicted octanol–water partition coefficient (Wildman–Crippen LogP) is 0.546. The zero-order chi connectivity index (χ0) is 8.53. The molecule has 0 aromatic carbocycles. The van der Waals surface area contributed by atoms with Gasteiger partial charge in [0.1, 0.15) is 0 Å². The van der Waals surface area contributed by atoms with Crippen LogP contribution in [0.15, 0.2) is 0 Å². The van der Waals surface area contributed by atoms with Gasteiger partial charge in [-0.25, -0.2) is 0 Å². The van der Waals surface area contributed by atoms with E-state index in [4.69, 9.17) is 14.9 Å². The molecular formula is C8H18O3.